The first-order valence-corrected chi connectivity index (χ1v) is 19.6. The van der Waals surface area contributed by atoms with Crippen molar-refractivity contribution < 1.29 is 33.6 Å². The molecule has 2 aromatic carbocycles. The van der Waals surface area contributed by atoms with Gasteiger partial charge in [0.2, 0.25) is 17.7 Å². The highest BCUT2D eigenvalue weighted by Crippen LogP contribution is 2.31. The zero-order valence-corrected chi connectivity index (χ0v) is 32.7. The topological polar surface area (TPSA) is 204 Å². The minimum atomic E-state index is -1.09. The molecule has 7 rings (SSSR count). The second-order valence-corrected chi connectivity index (χ2v) is 15.4. The smallest absolute Gasteiger partial charge is 0.267 e. The van der Waals surface area contributed by atoms with Crippen LogP contribution in [-0.2, 0) is 25.6 Å². The summed E-state index contributed by atoms with van der Waals surface area (Å²) < 4.78 is 0. The first-order chi connectivity index (χ1) is 27.4. The Kier molecular flexibility index (Phi) is 11.4. The van der Waals surface area contributed by atoms with Gasteiger partial charge in [0.05, 0.1) is 28.0 Å². The molecule has 0 spiro atoms. The van der Waals surface area contributed by atoms with Crippen molar-refractivity contribution >= 4 is 86.6 Å². The molecule has 0 saturated carbocycles. The normalized spacial score (nSPS) is 16.8. The number of nitrogens with zero attached hydrogens (tertiary/aromatic N) is 6. The largest absolute Gasteiger partial charge is 0.353 e. The molecule has 2 aromatic heterocycles. The molecule has 294 valence electrons. The van der Waals surface area contributed by atoms with E-state index in [1.54, 1.807) is 36.1 Å². The van der Waals surface area contributed by atoms with E-state index >= 15 is 0 Å². The summed E-state index contributed by atoms with van der Waals surface area (Å²) in [5.41, 5.74) is 1.99. The third kappa shape index (κ3) is 8.53. The van der Waals surface area contributed by atoms with Gasteiger partial charge in [0.1, 0.15) is 34.2 Å². The van der Waals surface area contributed by atoms with Gasteiger partial charge in [-0.05, 0) is 49.9 Å². The SMILES string of the molecule is Cc1nc(Nc2ncc(C(=O)Nc3c(C)cccc3Cl)s2)cc(N2CCN(C(=O)CCCC(=O)Cc3cccc4c3C(=O)N(C3CCC(=O)NC3=O)C4=O)CC2)n1. The molecule has 18 heteroatoms. The van der Waals surface area contributed by atoms with Gasteiger partial charge in [-0.3, -0.25) is 43.8 Å². The number of imide groups is 2. The number of hydrogen-bond acceptors (Lipinski definition) is 13. The number of aromatic nitrogens is 3. The number of fused-ring (bicyclic) bond motifs is 1. The van der Waals surface area contributed by atoms with Gasteiger partial charge in [-0.25, -0.2) is 15.0 Å². The number of piperidine rings is 1. The van der Waals surface area contributed by atoms with E-state index in [2.05, 4.69) is 35.8 Å². The Morgan fingerprint density at radius 3 is 2.49 bits per heavy atom. The van der Waals surface area contributed by atoms with E-state index < -0.39 is 29.7 Å². The zero-order valence-electron chi connectivity index (χ0n) is 31.1. The molecule has 57 heavy (non-hydrogen) atoms. The molecule has 3 aliphatic rings. The van der Waals surface area contributed by atoms with Crippen molar-refractivity contribution in [2.45, 2.75) is 58.4 Å². The Balaban J connectivity index is 0.880. The summed E-state index contributed by atoms with van der Waals surface area (Å²) in [5, 5.41) is 9.11. The van der Waals surface area contributed by atoms with Crippen LogP contribution in [0.2, 0.25) is 5.02 Å². The van der Waals surface area contributed by atoms with Gasteiger partial charge < -0.3 is 20.4 Å². The molecule has 0 bridgehead atoms. The number of amides is 6. The summed E-state index contributed by atoms with van der Waals surface area (Å²) in [5.74, 6) is -1.32. The van der Waals surface area contributed by atoms with Crippen LogP contribution in [0, 0.1) is 13.8 Å². The lowest BCUT2D eigenvalue weighted by Crippen LogP contribution is -2.54. The average Bonchev–Trinajstić information content (AvgIpc) is 3.75. The molecule has 5 heterocycles. The number of thiazole rings is 1. The number of para-hydroxylation sites is 1. The highest BCUT2D eigenvalue weighted by molar-refractivity contribution is 7.17. The number of piperazine rings is 1. The second-order valence-electron chi connectivity index (χ2n) is 13.9. The first-order valence-electron chi connectivity index (χ1n) is 18.4. The van der Waals surface area contributed by atoms with Gasteiger partial charge >= 0.3 is 0 Å². The van der Waals surface area contributed by atoms with Crippen LogP contribution in [0.3, 0.4) is 0 Å². The molecule has 3 N–H and O–H groups in total. The van der Waals surface area contributed by atoms with Crippen LogP contribution in [0.1, 0.15) is 79.4 Å². The van der Waals surface area contributed by atoms with Gasteiger partial charge in [-0.1, -0.05) is 47.2 Å². The molecule has 2 saturated heterocycles. The van der Waals surface area contributed by atoms with Crippen LogP contribution in [0.5, 0.6) is 0 Å². The minimum Gasteiger partial charge on any atom is -0.353 e. The van der Waals surface area contributed by atoms with E-state index in [0.717, 1.165) is 10.5 Å². The monoisotopic (exact) mass is 811 g/mol. The van der Waals surface area contributed by atoms with Crippen LogP contribution in [0.4, 0.5) is 22.5 Å². The van der Waals surface area contributed by atoms with Crippen molar-refractivity contribution in [3.8, 4) is 0 Å². The first kappa shape index (κ1) is 39.2. The number of ketones is 1. The molecule has 16 nitrogen and oxygen atoms in total. The van der Waals surface area contributed by atoms with E-state index in [4.69, 9.17) is 11.6 Å². The lowest BCUT2D eigenvalue weighted by atomic mass is 9.97. The maximum Gasteiger partial charge on any atom is 0.267 e. The van der Waals surface area contributed by atoms with Gasteiger partial charge in [0.15, 0.2) is 5.13 Å². The molecule has 0 radical (unpaired) electrons. The lowest BCUT2D eigenvalue weighted by Gasteiger charge is -2.35. The fourth-order valence-electron chi connectivity index (χ4n) is 7.10. The summed E-state index contributed by atoms with van der Waals surface area (Å²) in [7, 11) is 0. The lowest BCUT2D eigenvalue weighted by molar-refractivity contribution is -0.136. The van der Waals surface area contributed by atoms with Crippen LogP contribution in [0.15, 0.2) is 48.7 Å². The Hall–Kier alpha value is -6.07. The van der Waals surface area contributed by atoms with Gasteiger partial charge in [-0.15, -0.1) is 0 Å². The van der Waals surface area contributed by atoms with Crippen LogP contribution >= 0.6 is 22.9 Å². The Morgan fingerprint density at radius 1 is 0.965 bits per heavy atom. The van der Waals surface area contributed by atoms with Crippen molar-refractivity contribution in [1.82, 2.24) is 30.1 Å². The number of aryl methyl sites for hydroxylation is 2. The van der Waals surface area contributed by atoms with E-state index in [1.165, 1.54) is 23.6 Å². The van der Waals surface area contributed by atoms with Gasteiger partial charge in [0.25, 0.3) is 17.7 Å². The van der Waals surface area contributed by atoms with E-state index in [-0.39, 0.29) is 60.8 Å². The number of anilines is 4. The number of Topliss-reactive ketones (excluding diaryl/α,β-unsaturated/α-hetero) is 1. The summed E-state index contributed by atoms with van der Waals surface area (Å²) in [6.45, 7) is 5.63. The number of carbonyl (C=O) groups excluding carboxylic acids is 7. The van der Waals surface area contributed by atoms with Gasteiger partial charge in [0, 0.05) is 57.9 Å². The summed E-state index contributed by atoms with van der Waals surface area (Å²) in [6.07, 6.45) is 2.03. The second kappa shape index (κ2) is 16.6. The quantitative estimate of drug-likeness (QED) is 0.172. The Bertz CT molecular complexity index is 2300. The predicted molar refractivity (Wildman–Crippen MR) is 211 cm³/mol. The van der Waals surface area contributed by atoms with Crippen LogP contribution in [0.25, 0.3) is 0 Å². The number of benzene rings is 2. The van der Waals surface area contributed by atoms with Crippen molar-refractivity contribution in [1.29, 1.82) is 0 Å². The zero-order chi connectivity index (χ0) is 40.4. The fraction of sp³-hybridized carbons (Fsp3) is 0.333. The standard InChI is InChI=1S/C39H38ClN9O7S/c1-21-6-3-10-26(40)34(21)46-36(54)28-20-41-39(57-28)44-29-19-30(43-22(2)42-29)47-14-16-48(17-15-47)32(52)11-5-8-24(50)18-23-7-4-9-25-33(23)38(56)49(37(25)55)27-12-13-31(51)45-35(27)53/h3-4,6-7,9-10,19-20,27H,5,8,11-18H2,1-2H3,(H,46,54)(H,45,51,53)(H,41,42,43,44). The van der Waals surface area contributed by atoms with Crippen molar-refractivity contribution in [2.75, 3.05) is 41.7 Å². The molecule has 4 aromatic rings. The summed E-state index contributed by atoms with van der Waals surface area (Å²) >= 11 is 7.44. The molecule has 6 amide bonds. The fourth-order valence-corrected chi connectivity index (χ4v) is 8.09. The molecule has 3 aliphatic heterocycles. The third-order valence-electron chi connectivity index (χ3n) is 9.99. The third-order valence-corrected chi connectivity index (χ3v) is 11.2. The molecule has 1 atom stereocenters. The van der Waals surface area contributed by atoms with Crippen LogP contribution < -0.4 is 20.9 Å². The molecular formula is C39H38ClN9O7S. The maximum absolute atomic E-state index is 13.4. The minimum absolute atomic E-state index is 0.0106. The maximum atomic E-state index is 13.4. The molecule has 1 unspecified atom stereocenters. The number of rotatable bonds is 12. The van der Waals surface area contributed by atoms with Crippen molar-refractivity contribution in [3.05, 3.63) is 86.6 Å². The van der Waals surface area contributed by atoms with Crippen molar-refractivity contribution in [3.63, 3.8) is 0 Å². The number of carbonyl (C=O) groups is 7. The van der Waals surface area contributed by atoms with Crippen LogP contribution in [-0.4, -0.2) is 98.2 Å². The molecule has 0 aliphatic carbocycles. The number of halogens is 1. The van der Waals surface area contributed by atoms with Crippen molar-refractivity contribution in [2.24, 2.45) is 0 Å². The molecule has 2 fully saturated rings. The number of nitrogens with one attached hydrogen (secondary N) is 3. The van der Waals surface area contributed by atoms with E-state index in [0.29, 0.717) is 76.3 Å². The summed E-state index contributed by atoms with van der Waals surface area (Å²) in [6, 6.07) is 10.8. The average molecular weight is 812 g/mol. The summed E-state index contributed by atoms with van der Waals surface area (Å²) in [4.78, 5) is 108. The van der Waals surface area contributed by atoms with E-state index in [9.17, 15) is 33.6 Å². The number of hydrogen-bond donors (Lipinski definition) is 3. The van der Waals surface area contributed by atoms with Gasteiger partial charge in [-0.2, -0.15) is 0 Å². The van der Waals surface area contributed by atoms with E-state index in [1.807, 2.05) is 19.1 Å². The Morgan fingerprint density at radius 2 is 1.74 bits per heavy atom. The molecular weight excluding hydrogens is 774 g/mol. The highest BCUT2D eigenvalue weighted by Gasteiger charge is 2.45. The predicted octanol–water partition coefficient (Wildman–Crippen LogP) is 4.23. The highest BCUT2D eigenvalue weighted by atomic mass is 35.5. The Labute approximate surface area is 336 Å².